The summed E-state index contributed by atoms with van der Waals surface area (Å²) >= 11 is 2.63. The second-order valence-corrected chi connectivity index (χ2v) is 15.4. The largest absolute Gasteiger partial charge is 0.455 e. The van der Waals surface area contributed by atoms with Gasteiger partial charge >= 0.3 is 11.9 Å². The number of ether oxygens (including phenoxy) is 2. The zero-order valence-corrected chi connectivity index (χ0v) is 31.2. The summed E-state index contributed by atoms with van der Waals surface area (Å²) in [5.41, 5.74) is 1.90. The Hall–Kier alpha value is -5.47. The van der Waals surface area contributed by atoms with E-state index in [1.54, 1.807) is 20.8 Å². The van der Waals surface area contributed by atoms with E-state index >= 15 is 0 Å². The van der Waals surface area contributed by atoms with Gasteiger partial charge in [0.2, 0.25) is 18.5 Å². The Bertz CT molecular complexity index is 1920. The molecule has 3 heterocycles. The third kappa shape index (κ3) is 7.98. The average molecular weight is 754 g/mol. The highest BCUT2D eigenvalue weighted by Crippen LogP contribution is 2.43. The van der Waals surface area contributed by atoms with Gasteiger partial charge in [-0.3, -0.25) is 24.1 Å². The molecule has 2 aliphatic heterocycles. The summed E-state index contributed by atoms with van der Waals surface area (Å²) in [4.78, 5) is 69.7. The molecule has 1 saturated heterocycles. The van der Waals surface area contributed by atoms with Crippen LogP contribution >= 0.6 is 23.1 Å². The van der Waals surface area contributed by atoms with Gasteiger partial charge in [0.05, 0.1) is 12.1 Å². The molecule has 3 amide bonds. The van der Waals surface area contributed by atoms with Crippen molar-refractivity contribution in [2.24, 2.45) is 0 Å². The minimum atomic E-state index is -1.29. The number of β-lactam (4-membered cyclic amide) rings is 1. The topological polar surface area (TPSA) is 156 Å². The van der Waals surface area contributed by atoms with Crippen LogP contribution in [0, 0.1) is 0 Å². The van der Waals surface area contributed by atoms with E-state index in [-0.39, 0.29) is 23.4 Å². The Labute approximate surface area is 315 Å². The molecule has 4 aromatic rings. The lowest BCUT2D eigenvalue weighted by atomic mass is 9.77. The summed E-state index contributed by atoms with van der Waals surface area (Å²) in [6.45, 7) is 6.20. The van der Waals surface area contributed by atoms with Gasteiger partial charge in [-0.25, -0.2) is 9.78 Å². The molecule has 53 heavy (non-hydrogen) atoms. The Morgan fingerprint density at radius 1 is 0.943 bits per heavy atom. The highest BCUT2D eigenvalue weighted by Gasteiger charge is 2.55. The predicted molar refractivity (Wildman–Crippen MR) is 201 cm³/mol. The van der Waals surface area contributed by atoms with Gasteiger partial charge in [0.15, 0.2) is 5.13 Å². The average Bonchev–Trinajstić information content (AvgIpc) is 3.58. The molecule has 0 saturated carbocycles. The maximum Gasteiger partial charge on any atom is 0.355 e. The maximum absolute atomic E-state index is 13.6. The summed E-state index contributed by atoms with van der Waals surface area (Å²) in [6, 6.07) is 29.4. The molecule has 2 aliphatic rings. The second kappa shape index (κ2) is 15.6. The van der Waals surface area contributed by atoms with E-state index in [4.69, 9.17) is 14.5 Å². The number of fused-ring (bicyclic) bond motifs is 1. The van der Waals surface area contributed by atoms with E-state index in [9.17, 15) is 24.0 Å². The number of hydrogen-bond donors (Lipinski definition) is 3. The molecule has 1 unspecified atom stereocenters. The number of esters is 2. The van der Waals surface area contributed by atoms with E-state index in [1.807, 2.05) is 60.0 Å². The van der Waals surface area contributed by atoms with Crippen molar-refractivity contribution in [3.8, 4) is 0 Å². The molecule has 3 N–H and O–H groups in total. The van der Waals surface area contributed by atoms with Crippen LogP contribution in [0.3, 0.4) is 0 Å². The highest BCUT2D eigenvalue weighted by atomic mass is 32.2. The first-order valence-corrected chi connectivity index (χ1v) is 18.8. The smallest absolute Gasteiger partial charge is 0.355 e. The number of carbonyl (C=O) groups excluding carboxylic acids is 5. The van der Waals surface area contributed by atoms with E-state index in [0.29, 0.717) is 17.2 Å². The first-order chi connectivity index (χ1) is 25.4. The van der Waals surface area contributed by atoms with Gasteiger partial charge in [-0.1, -0.05) is 91.0 Å². The normalized spacial score (nSPS) is 17.5. The quantitative estimate of drug-likeness (QED) is 0.0575. The first-order valence-electron chi connectivity index (χ1n) is 16.9. The van der Waals surface area contributed by atoms with Crippen LogP contribution in [-0.4, -0.2) is 69.0 Å². The van der Waals surface area contributed by atoms with Crippen molar-refractivity contribution in [3.63, 3.8) is 0 Å². The molecule has 0 aliphatic carbocycles. The van der Waals surface area contributed by atoms with Crippen LogP contribution in [0.15, 0.2) is 108 Å². The molecule has 0 radical (unpaired) electrons. The molecular formula is C39H39N5O7S2. The summed E-state index contributed by atoms with van der Waals surface area (Å²) in [5.74, 6) is -2.36. The summed E-state index contributed by atoms with van der Waals surface area (Å²) in [7, 11) is 0. The third-order valence-corrected chi connectivity index (χ3v) is 10.6. The van der Waals surface area contributed by atoms with Crippen LogP contribution in [0.25, 0.3) is 0 Å². The number of thiazole rings is 1. The zero-order valence-electron chi connectivity index (χ0n) is 29.5. The van der Waals surface area contributed by atoms with Crippen LogP contribution in [0.1, 0.15) is 50.1 Å². The molecule has 0 spiro atoms. The predicted octanol–water partition coefficient (Wildman–Crippen LogP) is 4.72. The van der Waals surface area contributed by atoms with Crippen molar-refractivity contribution in [1.82, 2.24) is 20.5 Å². The monoisotopic (exact) mass is 753 g/mol. The molecule has 3 atom stereocenters. The lowest BCUT2D eigenvalue weighted by Gasteiger charge is -2.50. The summed E-state index contributed by atoms with van der Waals surface area (Å²) in [6.07, 6.45) is -1.04. The fourth-order valence-electron chi connectivity index (χ4n) is 6.37. The molecule has 6 rings (SSSR count). The fraction of sp³-hybridized carbons (Fsp3) is 0.282. The van der Waals surface area contributed by atoms with Crippen LogP contribution in [0.4, 0.5) is 5.13 Å². The standard InChI is InChI=1S/C39H39N5O7S2/c1-24(46)50-33(40-23-45)29-22-52-35-31(34(48)44(35)32(29)36(49)51-38(2,3)4)42-30(47)20-28-21-53-37(41-28)43-39(25-14-8-5-9-15-25,26-16-10-6-11-17-26)27-18-12-7-13-19-27/h5-19,21,23,31,33,35H,20,22H2,1-4H3,(H,40,45)(H,41,43)(H,42,47)/t31-,33?,35+/m0/s1. The molecule has 14 heteroatoms. The van der Waals surface area contributed by atoms with Crippen molar-refractivity contribution in [1.29, 1.82) is 0 Å². The molecule has 12 nitrogen and oxygen atoms in total. The number of thioether (sulfide) groups is 1. The number of carbonyl (C=O) groups is 5. The van der Waals surface area contributed by atoms with E-state index in [2.05, 4.69) is 52.3 Å². The van der Waals surface area contributed by atoms with Crippen LogP contribution in [0.5, 0.6) is 0 Å². The van der Waals surface area contributed by atoms with Gasteiger partial charge in [-0.05, 0) is 37.5 Å². The van der Waals surface area contributed by atoms with Gasteiger partial charge in [-0.15, -0.1) is 23.1 Å². The van der Waals surface area contributed by atoms with Crippen LogP contribution in [0.2, 0.25) is 0 Å². The first kappa shape index (κ1) is 37.3. The Morgan fingerprint density at radius 2 is 1.51 bits per heavy atom. The number of hydrogen-bond acceptors (Lipinski definition) is 11. The minimum Gasteiger partial charge on any atom is -0.455 e. The highest BCUT2D eigenvalue weighted by molar-refractivity contribution is 8.00. The van der Waals surface area contributed by atoms with E-state index in [0.717, 1.165) is 16.7 Å². The Kier molecular flexibility index (Phi) is 11.0. The number of aromatic nitrogens is 1. The lowest BCUT2D eigenvalue weighted by molar-refractivity contribution is -0.159. The van der Waals surface area contributed by atoms with Gasteiger partial charge in [0, 0.05) is 23.6 Å². The number of rotatable bonds is 13. The SMILES string of the molecule is CC(=O)OC(NC=O)C1=C(C(=O)OC(C)(C)C)N2C(=O)[C@H](NC(=O)Cc3csc(NC(c4ccccc4)(c4ccccc4)c4ccccc4)n3)[C@H]2SC1. The number of anilines is 1. The van der Waals surface area contributed by atoms with Gasteiger partial charge < -0.3 is 25.4 Å². The van der Waals surface area contributed by atoms with Gasteiger partial charge in [0.25, 0.3) is 5.91 Å². The van der Waals surface area contributed by atoms with Crippen molar-refractivity contribution in [3.05, 3.63) is 130 Å². The van der Waals surface area contributed by atoms with Crippen LogP contribution < -0.4 is 16.0 Å². The third-order valence-electron chi connectivity index (χ3n) is 8.53. The lowest BCUT2D eigenvalue weighted by Crippen LogP contribution is -2.71. The van der Waals surface area contributed by atoms with Crippen LogP contribution in [-0.2, 0) is 45.4 Å². The van der Waals surface area contributed by atoms with Gasteiger partial charge in [0.1, 0.15) is 28.3 Å². The molecule has 0 bridgehead atoms. The van der Waals surface area contributed by atoms with E-state index in [1.165, 1.54) is 34.9 Å². The minimum absolute atomic E-state index is 0.0911. The number of amides is 3. The van der Waals surface area contributed by atoms with E-state index < -0.39 is 52.5 Å². The maximum atomic E-state index is 13.6. The number of nitrogens with zero attached hydrogens (tertiary/aromatic N) is 2. The number of benzene rings is 3. The second-order valence-electron chi connectivity index (χ2n) is 13.4. The van der Waals surface area contributed by atoms with Crippen molar-refractivity contribution < 1.29 is 33.4 Å². The van der Waals surface area contributed by atoms with Crippen molar-refractivity contribution in [2.45, 2.75) is 62.9 Å². The number of nitrogens with one attached hydrogen (secondary N) is 3. The van der Waals surface area contributed by atoms with Crippen molar-refractivity contribution >= 4 is 58.4 Å². The zero-order chi connectivity index (χ0) is 37.8. The summed E-state index contributed by atoms with van der Waals surface area (Å²) < 4.78 is 10.9. The fourth-order valence-corrected chi connectivity index (χ4v) is 8.51. The molecule has 274 valence electrons. The van der Waals surface area contributed by atoms with Crippen molar-refractivity contribution in [2.75, 3.05) is 11.1 Å². The summed E-state index contributed by atoms with van der Waals surface area (Å²) in [5, 5.41) is 10.7. The molecule has 1 aromatic heterocycles. The Balaban J connectivity index is 1.21. The molecule has 3 aromatic carbocycles. The Morgan fingerprint density at radius 3 is 2.02 bits per heavy atom. The van der Waals surface area contributed by atoms with Gasteiger partial charge in [-0.2, -0.15) is 0 Å². The molecule has 1 fully saturated rings. The molecular weight excluding hydrogens is 715 g/mol.